The van der Waals surface area contributed by atoms with Crippen LogP contribution in [0.15, 0.2) is 24.4 Å². The summed E-state index contributed by atoms with van der Waals surface area (Å²) in [6, 6.07) is 5.92. The molecule has 2 aromatic heterocycles. The molecule has 5 heteroatoms. The van der Waals surface area contributed by atoms with Gasteiger partial charge in [-0.05, 0) is 18.7 Å². The number of rotatable bonds is 3. The van der Waals surface area contributed by atoms with Gasteiger partial charge in [0, 0.05) is 32.4 Å². The summed E-state index contributed by atoms with van der Waals surface area (Å²) < 4.78 is 1.97. The van der Waals surface area contributed by atoms with Crippen LogP contribution in [-0.2, 0) is 6.61 Å². The first-order valence-electron chi connectivity index (χ1n) is 6.87. The number of fused-ring (bicyclic) bond motifs is 1. The molecule has 1 aliphatic heterocycles. The Balaban J connectivity index is 1.92. The molecule has 0 amide bonds. The van der Waals surface area contributed by atoms with Crippen LogP contribution >= 0.6 is 0 Å². The Hall–Kier alpha value is -1.59. The summed E-state index contributed by atoms with van der Waals surface area (Å²) in [5.41, 5.74) is 1.79. The number of imidazole rings is 1. The molecule has 1 saturated heterocycles. The highest BCUT2D eigenvalue weighted by Gasteiger charge is 2.21. The number of aliphatic hydroxyl groups is 1. The number of pyridine rings is 1. The summed E-state index contributed by atoms with van der Waals surface area (Å²) in [4.78, 5) is 9.39. The molecule has 5 nitrogen and oxygen atoms in total. The van der Waals surface area contributed by atoms with Crippen LogP contribution in [0, 0.1) is 0 Å². The molecule has 0 saturated carbocycles. The number of piperazine rings is 1. The fraction of sp³-hybridized carbons (Fsp3) is 0.500. The lowest BCUT2D eigenvalue weighted by Crippen LogP contribution is -2.46. The Morgan fingerprint density at radius 1 is 1.21 bits per heavy atom. The maximum Gasteiger partial charge on any atom is 0.153 e. The third-order valence-electron chi connectivity index (χ3n) is 3.88. The van der Waals surface area contributed by atoms with Crippen LogP contribution in [0.4, 0.5) is 5.82 Å². The number of aromatic nitrogens is 2. The minimum Gasteiger partial charge on any atom is -0.390 e. The Morgan fingerprint density at radius 3 is 2.68 bits per heavy atom. The van der Waals surface area contributed by atoms with Gasteiger partial charge in [-0.1, -0.05) is 13.0 Å². The molecule has 3 rings (SSSR count). The minimum absolute atomic E-state index is 0.0223. The first-order chi connectivity index (χ1) is 9.33. The van der Waals surface area contributed by atoms with Gasteiger partial charge in [-0.15, -0.1) is 0 Å². The first kappa shape index (κ1) is 12.4. The second kappa shape index (κ2) is 5.19. The van der Waals surface area contributed by atoms with Crippen LogP contribution in [0.5, 0.6) is 0 Å². The number of hydrogen-bond donors (Lipinski definition) is 1. The van der Waals surface area contributed by atoms with E-state index in [9.17, 15) is 5.11 Å². The Morgan fingerprint density at radius 2 is 2.00 bits per heavy atom. The van der Waals surface area contributed by atoms with Crippen molar-refractivity contribution in [2.75, 3.05) is 37.6 Å². The quantitative estimate of drug-likeness (QED) is 0.893. The van der Waals surface area contributed by atoms with Crippen molar-refractivity contribution in [3.63, 3.8) is 0 Å². The summed E-state index contributed by atoms with van der Waals surface area (Å²) in [6.07, 6.45) is 1.96. The lowest BCUT2D eigenvalue weighted by molar-refractivity contribution is 0.265. The second-order valence-corrected chi connectivity index (χ2v) is 4.89. The number of nitrogens with zero attached hydrogens (tertiary/aromatic N) is 4. The van der Waals surface area contributed by atoms with E-state index < -0.39 is 0 Å². The molecule has 3 heterocycles. The molecule has 19 heavy (non-hydrogen) atoms. The SMILES string of the molecule is CCN1CCN(c2nc3ccccn3c2CO)CC1. The van der Waals surface area contributed by atoms with Crippen LogP contribution in [0.25, 0.3) is 5.65 Å². The van der Waals surface area contributed by atoms with E-state index >= 15 is 0 Å². The maximum absolute atomic E-state index is 9.64. The molecule has 1 N–H and O–H groups in total. The average molecular weight is 260 g/mol. The molecular weight excluding hydrogens is 240 g/mol. The topological polar surface area (TPSA) is 44.0 Å². The van der Waals surface area contributed by atoms with Crippen molar-refractivity contribution in [2.45, 2.75) is 13.5 Å². The summed E-state index contributed by atoms with van der Waals surface area (Å²) in [6.45, 7) is 7.40. The van der Waals surface area contributed by atoms with Crippen molar-refractivity contribution >= 4 is 11.5 Å². The van der Waals surface area contributed by atoms with Crippen molar-refractivity contribution in [3.05, 3.63) is 30.1 Å². The normalized spacial score (nSPS) is 17.3. The highest BCUT2D eigenvalue weighted by molar-refractivity contribution is 5.56. The van der Waals surface area contributed by atoms with Gasteiger partial charge >= 0.3 is 0 Å². The van der Waals surface area contributed by atoms with Crippen LogP contribution < -0.4 is 4.90 Å². The highest BCUT2D eigenvalue weighted by atomic mass is 16.3. The predicted octanol–water partition coefficient (Wildman–Crippen LogP) is 0.968. The number of hydrogen-bond acceptors (Lipinski definition) is 4. The predicted molar refractivity (Wildman–Crippen MR) is 75.4 cm³/mol. The second-order valence-electron chi connectivity index (χ2n) is 4.89. The van der Waals surface area contributed by atoms with E-state index in [4.69, 9.17) is 0 Å². The van der Waals surface area contributed by atoms with Gasteiger partial charge in [0.05, 0.1) is 12.3 Å². The summed E-state index contributed by atoms with van der Waals surface area (Å²) >= 11 is 0. The average Bonchev–Trinajstić information content (AvgIpc) is 2.85. The van der Waals surface area contributed by atoms with Crippen molar-refractivity contribution in [1.82, 2.24) is 14.3 Å². The molecule has 0 spiro atoms. The Labute approximate surface area is 113 Å². The van der Waals surface area contributed by atoms with E-state index in [0.717, 1.165) is 49.9 Å². The first-order valence-corrected chi connectivity index (χ1v) is 6.87. The summed E-state index contributed by atoms with van der Waals surface area (Å²) in [5.74, 6) is 0.935. The van der Waals surface area contributed by atoms with Gasteiger partial charge in [-0.25, -0.2) is 4.98 Å². The summed E-state index contributed by atoms with van der Waals surface area (Å²) in [5, 5.41) is 9.64. The lowest BCUT2D eigenvalue weighted by Gasteiger charge is -2.34. The van der Waals surface area contributed by atoms with Crippen molar-refractivity contribution in [3.8, 4) is 0 Å². The van der Waals surface area contributed by atoms with Crippen LogP contribution in [-0.4, -0.2) is 52.1 Å². The smallest absolute Gasteiger partial charge is 0.153 e. The van der Waals surface area contributed by atoms with E-state index in [1.54, 1.807) is 0 Å². The maximum atomic E-state index is 9.64. The largest absolute Gasteiger partial charge is 0.390 e. The molecule has 0 aromatic carbocycles. The molecule has 1 aliphatic rings. The molecule has 0 radical (unpaired) electrons. The van der Waals surface area contributed by atoms with Gasteiger partial charge < -0.3 is 14.9 Å². The zero-order chi connectivity index (χ0) is 13.2. The van der Waals surface area contributed by atoms with E-state index in [1.807, 2.05) is 28.8 Å². The molecule has 0 atom stereocenters. The highest BCUT2D eigenvalue weighted by Crippen LogP contribution is 2.22. The van der Waals surface area contributed by atoms with Crippen molar-refractivity contribution in [1.29, 1.82) is 0 Å². The van der Waals surface area contributed by atoms with E-state index in [1.165, 1.54) is 0 Å². The number of anilines is 1. The monoisotopic (exact) mass is 260 g/mol. The minimum atomic E-state index is 0.0223. The zero-order valence-electron chi connectivity index (χ0n) is 11.3. The Kier molecular flexibility index (Phi) is 3.40. The number of likely N-dealkylation sites (N-methyl/N-ethyl adjacent to an activating group) is 1. The zero-order valence-corrected chi connectivity index (χ0v) is 11.3. The standard InChI is InChI=1S/C14H20N4O/c1-2-16-7-9-17(10-8-16)14-12(11-19)18-6-4-3-5-13(18)15-14/h3-6,19H,2,7-11H2,1H3. The molecule has 0 unspecified atom stereocenters. The van der Waals surface area contributed by atoms with Crippen LogP contribution in [0.3, 0.4) is 0 Å². The molecule has 0 aliphatic carbocycles. The molecule has 0 bridgehead atoms. The van der Waals surface area contributed by atoms with Crippen molar-refractivity contribution in [2.24, 2.45) is 0 Å². The third-order valence-corrected chi connectivity index (χ3v) is 3.88. The fourth-order valence-electron chi connectivity index (χ4n) is 2.71. The fourth-order valence-corrected chi connectivity index (χ4v) is 2.71. The van der Waals surface area contributed by atoms with Gasteiger partial charge in [0.1, 0.15) is 5.65 Å². The van der Waals surface area contributed by atoms with E-state index in [-0.39, 0.29) is 6.61 Å². The summed E-state index contributed by atoms with van der Waals surface area (Å²) in [7, 11) is 0. The lowest BCUT2D eigenvalue weighted by atomic mass is 10.3. The number of aliphatic hydroxyl groups excluding tert-OH is 1. The van der Waals surface area contributed by atoms with Gasteiger partial charge in [-0.2, -0.15) is 0 Å². The van der Waals surface area contributed by atoms with Gasteiger partial charge in [0.25, 0.3) is 0 Å². The Bertz CT molecular complexity index is 558. The molecule has 102 valence electrons. The van der Waals surface area contributed by atoms with Crippen LogP contribution in [0.1, 0.15) is 12.6 Å². The van der Waals surface area contributed by atoms with Gasteiger partial charge in [-0.3, -0.25) is 4.40 Å². The van der Waals surface area contributed by atoms with E-state index in [0.29, 0.717) is 0 Å². The van der Waals surface area contributed by atoms with Crippen molar-refractivity contribution < 1.29 is 5.11 Å². The van der Waals surface area contributed by atoms with Crippen LogP contribution in [0.2, 0.25) is 0 Å². The van der Waals surface area contributed by atoms with Gasteiger partial charge in [0.15, 0.2) is 5.82 Å². The third kappa shape index (κ3) is 2.19. The molecule has 2 aromatic rings. The van der Waals surface area contributed by atoms with Gasteiger partial charge in [0.2, 0.25) is 0 Å². The van der Waals surface area contributed by atoms with E-state index in [2.05, 4.69) is 21.7 Å². The molecular formula is C14H20N4O. The molecule has 1 fully saturated rings.